The molecule has 6 nitrogen and oxygen atoms in total. The van der Waals surface area contributed by atoms with E-state index in [4.69, 9.17) is 4.74 Å². The molecule has 2 aliphatic rings. The zero-order chi connectivity index (χ0) is 18.5. The largest absolute Gasteiger partial charge is 0.496 e. The summed E-state index contributed by atoms with van der Waals surface area (Å²) in [5, 5.41) is 3.15. The highest BCUT2D eigenvalue weighted by Gasteiger charge is 2.26. The minimum absolute atomic E-state index is 0.00404. The highest BCUT2D eigenvalue weighted by molar-refractivity contribution is 5.95. The second kappa shape index (κ2) is 8.43. The van der Waals surface area contributed by atoms with E-state index in [-0.39, 0.29) is 11.9 Å². The lowest BCUT2D eigenvalue weighted by Gasteiger charge is -2.36. The Morgan fingerprint density at radius 2 is 1.69 bits per heavy atom. The number of ether oxygens (including phenoxy) is 1. The van der Waals surface area contributed by atoms with E-state index in [0.29, 0.717) is 37.8 Å². The Morgan fingerprint density at radius 3 is 2.35 bits per heavy atom. The quantitative estimate of drug-likeness (QED) is 0.903. The van der Waals surface area contributed by atoms with Crippen molar-refractivity contribution < 1.29 is 14.3 Å². The minimum atomic E-state index is -0.00404. The second-order valence-electron chi connectivity index (χ2n) is 7.25. The Balaban J connectivity index is 1.52. The summed E-state index contributed by atoms with van der Waals surface area (Å²) in [6.45, 7) is 4.23. The molecule has 0 radical (unpaired) electrons. The summed E-state index contributed by atoms with van der Waals surface area (Å²) in [7, 11) is 1.61. The highest BCUT2D eigenvalue weighted by atomic mass is 16.5. The molecule has 1 saturated heterocycles. The molecule has 0 spiro atoms. The number of nitrogens with zero attached hydrogens (tertiary/aromatic N) is 2. The smallest absolute Gasteiger partial charge is 0.317 e. The van der Waals surface area contributed by atoms with Gasteiger partial charge in [0, 0.05) is 37.8 Å². The van der Waals surface area contributed by atoms with Crippen molar-refractivity contribution in [2.45, 2.75) is 45.1 Å². The summed E-state index contributed by atoms with van der Waals surface area (Å²) < 4.78 is 5.31. The van der Waals surface area contributed by atoms with Crippen LogP contribution in [-0.4, -0.2) is 61.1 Å². The number of hydrogen-bond acceptors (Lipinski definition) is 3. The third kappa shape index (κ3) is 4.29. The molecule has 1 aliphatic heterocycles. The standard InChI is InChI=1S/C20H29N3O3/c1-15-8-9-16(14-18(15)26-2)19(24)22-10-12-23(13-11-22)20(25)21-17-6-4-3-5-7-17/h8-9,14,17H,3-7,10-13H2,1-2H3,(H,21,25). The summed E-state index contributed by atoms with van der Waals surface area (Å²) in [4.78, 5) is 28.8. The van der Waals surface area contributed by atoms with E-state index < -0.39 is 0 Å². The SMILES string of the molecule is COc1cc(C(=O)N2CCN(C(=O)NC3CCCCC3)CC2)ccc1C. The molecule has 2 fully saturated rings. The number of carbonyl (C=O) groups excluding carboxylic acids is 2. The van der Waals surface area contributed by atoms with Crippen molar-refractivity contribution in [2.75, 3.05) is 33.3 Å². The summed E-state index contributed by atoms with van der Waals surface area (Å²) in [6.07, 6.45) is 5.84. The zero-order valence-corrected chi connectivity index (χ0v) is 15.8. The third-order valence-electron chi connectivity index (χ3n) is 5.44. The maximum Gasteiger partial charge on any atom is 0.317 e. The molecule has 0 unspecified atom stereocenters. The molecule has 1 saturated carbocycles. The first-order chi connectivity index (χ1) is 12.6. The normalized spacial score (nSPS) is 18.5. The number of benzene rings is 1. The fourth-order valence-corrected chi connectivity index (χ4v) is 3.76. The molecule has 1 aliphatic carbocycles. The van der Waals surface area contributed by atoms with Crippen LogP contribution in [0.2, 0.25) is 0 Å². The van der Waals surface area contributed by atoms with Crippen LogP contribution in [0.25, 0.3) is 0 Å². The van der Waals surface area contributed by atoms with E-state index >= 15 is 0 Å². The van der Waals surface area contributed by atoms with Gasteiger partial charge in [-0.2, -0.15) is 0 Å². The number of carbonyl (C=O) groups is 2. The van der Waals surface area contributed by atoms with Crippen LogP contribution in [0, 0.1) is 6.92 Å². The maximum absolute atomic E-state index is 12.7. The monoisotopic (exact) mass is 359 g/mol. The Kier molecular flexibility index (Phi) is 6.01. The van der Waals surface area contributed by atoms with Crippen LogP contribution in [0.15, 0.2) is 18.2 Å². The molecule has 1 N–H and O–H groups in total. The van der Waals surface area contributed by atoms with Crippen molar-refractivity contribution in [1.29, 1.82) is 0 Å². The number of methoxy groups -OCH3 is 1. The molecule has 3 amide bonds. The van der Waals surface area contributed by atoms with Crippen molar-refractivity contribution in [3.05, 3.63) is 29.3 Å². The van der Waals surface area contributed by atoms with Crippen LogP contribution in [0.3, 0.4) is 0 Å². The van der Waals surface area contributed by atoms with Crippen molar-refractivity contribution >= 4 is 11.9 Å². The summed E-state index contributed by atoms with van der Waals surface area (Å²) >= 11 is 0. The van der Waals surface area contributed by atoms with Crippen LogP contribution >= 0.6 is 0 Å². The van der Waals surface area contributed by atoms with Gasteiger partial charge in [-0.25, -0.2) is 4.79 Å². The molecule has 0 atom stereocenters. The van der Waals surface area contributed by atoms with E-state index in [1.807, 2.05) is 28.9 Å². The van der Waals surface area contributed by atoms with Gasteiger partial charge in [0.2, 0.25) is 0 Å². The van der Waals surface area contributed by atoms with Crippen LogP contribution in [0.1, 0.15) is 48.0 Å². The van der Waals surface area contributed by atoms with E-state index in [0.717, 1.165) is 24.2 Å². The molecule has 6 heteroatoms. The van der Waals surface area contributed by atoms with Crippen molar-refractivity contribution in [3.8, 4) is 5.75 Å². The number of hydrogen-bond donors (Lipinski definition) is 1. The fraction of sp³-hybridized carbons (Fsp3) is 0.600. The molecular weight excluding hydrogens is 330 g/mol. The van der Waals surface area contributed by atoms with Gasteiger partial charge in [-0.15, -0.1) is 0 Å². The van der Waals surface area contributed by atoms with Gasteiger partial charge in [0.1, 0.15) is 5.75 Å². The van der Waals surface area contributed by atoms with Crippen LogP contribution in [0.5, 0.6) is 5.75 Å². The molecule has 1 aromatic carbocycles. The third-order valence-corrected chi connectivity index (χ3v) is 5.44. The Morgan fingerprint density at radius 1 is 1.04 bits per heavy atom. The number of aryl methyl sites for hydroxylation is 1. The molecular formula is C20H29N3O3. The lowest BCUT2D eigenvalue weighted by Crippen LogP contribution is -2.54. The van der Waals surface area contributed by atoms with E-state index in [1.165, 1.54) is 19.3 Å². The zero-order valence-electron chi connectivity index (χ0n) is 15.8. The molecule has 0 bridgehead atoms. The van der Waals surface area contributed by atoms with Crippen molar-refractivity contribution in [3.63, 3.8) is 0 Å². The van der Waals surface area contributed by atoms with Gasteiger partial charge in [-0.1, -0.05) is 25.3 Å². The first-order valence-electron chi connectivity index (χ1n) is 9.58. The first kappa shape index (κ1) is 18.5. The van der Waals surface area contributed by atoms with Gasteiger partial charge in [0.05, 0.1) is 7.11 Å². The van der Waals surface area contributed by atoms with E-state index in [1.54, 1.807) is 13.2 Å². The topological polar surface area (TPSA) is 61.9 Å². The van der Waals surface area contributed by atoms with E-state index in [2.05, 4.69) is 5.32 Å². The summed E-state index contributed by atoms with van der Waals surface area (Å²) in [5.74, 6) is 0.719. The summed E-state index contributed by atoms with van der Waals surface area (Å²) in [5.41, 5.74) is 1.64. The van der Waals surface area contributed by atoms with Gasteiger partial charge in [0.25, 0.3) is 5.91 Å². The van der Waals surface area contributed by atoms with Gasteiger partial charge in [-0.05, 0) is 37.5 Å². The maximum atomic E-state index is 12.7. The Labute approximate surface area is 155 Å². The van der Waals surface area contributed by atoms with Gasteiger partial charge in [-0.3, -0.25) is 4.79 Å². The number of nitrogens with one attached hydrogen (secondary N) is 1. The van der Waals surface area contributed by atoms with Crippen LogP contribution in [-0.2, 0) is 0 Å². The molecule has 26 heavy (non-hydrogen) atoms. The fourth-order valence-electron chi connectivity index (χ4n) is 3.76. The number of piperazine rings is 1. The molecule has 1 aromatic rings. The second-order valence-corrected chi connectivity index (χ2v) is 7.25. The lowest BCUT2D eigenvalue weighted by atomic mass is 9.96. The number of rotatable bonds is 3. The molecule has 1 heterocycles. The first-order valence-corrected chi connectivity index (χ1v) is 9.58. The Hall–Kier alpha value is -2.24. The van der Waals surface area contributed by atoms with Gasteiger partial charge < -0.3 is 19.9 Å². The average molecular weight is 359 g/mol. The average Bonchev–Trinajstić information content (AvgIpc) is 2.68. The molecule has 3 rings (SSSR count). The predicted molar refractivity (Wildman–Crippen MR) is 101 cm³/mol. The van der Waals surface area contributed by atoms with Gasteiger partial charge >= 0.3 is 6.03 Å². The number of amides is 3. The van der Waals surface area contributed by atoms with Crippen molar-refractivity contribution in [1.82, 2.24) is 15.1 Å². The van der Waals surface area contributed by atoms with Crippen LogP contribution < -0.4 is 10.1 Å². The Bertz CT molecular complexity index is 648. The predicted octanol–water partition coefficient (Wildman–Crippen LogP) is 2.80. The summed E-state index contributed by atoms with van der Waals surface area (Å²) in [6, 6.07) is 5.86. The van der Waals surface area contributed by atoms with E-state index in [9.17, 15) is 9.59 Å². The van der Waals surface area contributed by atoms with Crippen LogP contribution in [0.4, 0.5) is 4.79 Å². The molecule has 142 valence electrons. The molecule has 0 aromatic heterocycles. The highest BCUT2D eigenvalue weighted by Crippen LogP contribution is 2.21. The minimum Gasteiger partial charge on any atom is -0.496 e. The van der Waals surface area contributed by atoms with Crippen molar-refractivity contribution in [2.24, 2.45) is 0 Å². The number of urea groups is 1. The van der Waals surface area contributed by atoms with Gasteiger partial charge in [0.15, 0.2) is 0 Å². The lowest BCUT2D eigenvalue weighted by molar-refractivity contribution is 0.0662.